The fraction of sp³-hybridized carbons (Fsp3) is 0.308. The lowest BCUT2D eigenvalue weighted by atomic mass is 9.88. The zero-order valence-corrected chi connectivity index (χ0v) is 9.41. The van der Waals surface area contributed by atoms with E-state index in [2.05, 4.69) is 0 Å². The summed E-state index contributed by atoms with van der Waals surface area (Å²) in [6.07, 6.45) is 1.27. The largest absolute Gasteiger partial charge is 0.511 e. The molecule has 0 fully saturated rings. The van der Waals surface area contributed by atoms with Crippen LogP contribution >= 0.6 is 0 Å². The van der Waals surface area contributed by atoms with Gasteiger partial charge in [0.1, 0.15) is 11.3 Å². The van der Waals surface area contributed by atoms with E-state index in [4.69, 9.17) is 4.74 Å². The molecule has 1 aliphatic carbocycles. The Morgan fingerprint density at radius 3 is 2.81 bits per heavy atom. The molecule has 16 heavy (non-hydrogen) atoms. The van der Waals surface area contributed by atoms with E-state index in [9.17, 15) is 9.90 Å². The number of hydrogen-bond acceptors (Lipinski definition) is 3. The smallest absolute Gasteiger partial charge is 0.341 e. The molecule has 1 aromatic rings. The standard InChI is InChI=1S/C13H14O3/c1-8-3-4-9-5-6-11(14)12(10(9)7-8)13(15)16-2/h3-4,7,14H,5-6H2,1-2H3. The molecule has 1 N–H and O–H groups in total. The maximum absolute atomic E-state index is 11.6. The molecule has 0 amide bonds. The van der Waals surface area contributed by atoms with Gasteiger partial charge in [-0.25, -0.2) is 4.79 Å². The number of aryl methyl sites for hydroxylation is 2. The predicted octanol–water partition coefficient (Wildman–Crippen LogP) is 2.38. The first kappa shape index (κ1) is 10.7. The molecule has 0 heterocycles. The Morgan fingerprint density at radius 1 is 1.38 bits per heavy atom. The van der Waals surface area contributed by atoms with E-state index in [-0.39, 0.29) is 5.76 Å². The lowest BCUT2D eigenvalue weighted by molar-refractivity contribution is -0.133. The molecule has 84 valence electrons. The minimum absolute atomic E-state index is 0.130. The van der Waals surface area contributed by atoms with Crippen LogP contribution in [-0.2, 0) is 16.0 Å². The van der Waals surface area contributed by atoms with Crippen LogP contribution in [0.25, 0.3) is 5.57 Å². The summed E-state index contributed by atoms with van der Waals surface area (Å²) in [5.74, 6) is -0.339. The van der Waals surface area contributed by atoms with Crippen LogP contribution in [0.15, 0.2) is 24.0 Å². The monoisotopic (exact) mass is 218 g/mol. The van der Waals surface area contributed by atoms with E-state index in [1.165, 1.54) is 7.11 Å². The highest BCUT2D eigenvalue weighted by atomic mass is 16.5. The number of methoxy groups -OCH3 is 1. The SMILES string of the molecule is COC(=O)C1=C(O)CCc2ccc(C)cc21. The first-order valence-electron chi connectivity index (χ1n) is 5.24. The summed E-state index contributed by atoms with van der Waals surface area (Å²) in [4.78, 5) is 11.6. The third-order valence-corrected chi connectivity index (χ3v) is 2.84. The van der Waals surface area contributed by atoms with Gasteiger partial charge in [-0.1, -0.05) is 23.8 Å². The maximum atomic E-state index is 11.6. The maximum Gasteiger partial charge on any atom is 0.341 e. The molecule has 0 unspecified atom stereocenters. The summed E-state index contributed by atoms with van der Waals surface area (Å²) < 4.78 is 4.70. The van der Waals surface area contributed by atoms with Crippen molar-refractivity contribution >= 4 is 11.5 Å². The van der Waals surface area contributed by atoms with Crippen LogP contribution in [-0.4, -0.2) is 18.2 Å². The van der Waals surface area contributed by atoms with Crippen molar-refractivity contribution in [3.8, 4) is 0 Å². The number of carbonyl (C=O) groups is 1. The molecule has 0 spiro atoms. The molecule has 0 radical (unpaired) electrons. The van der Waals surface area contributed by atoms with Gasteiger partial charge in [-0.2, -0.15) is 0 Å². The van der Waals surface area contributed by atoms with Crippen molar-refractivity contribution in [2.75, 3.05) is 7.11 Å². The van der Waals surface area contributed by atoms with Crippen LogP contribution in [0.2, 0.25) is 0 Å². The molecule has 0 bridgehead atoms. The average molecular weight is 218 g/mol. The predicted molar refractivity (Wildman–Crippen MR) is 61.1 cm³/mol. The average Bonchev–Trinajstić information content (AvgIpc) is 2.28. The fourth-order valence-electron chi connectivity index (χ4n) is 2.00. The molecular formula is C13H14O3. The van der Waals surface area contributed by atoms with Crippen molar-refractivity contribution in [1.82, 2.24) is 0 Å². The van der Waals surface area contributed by atoms with Gasteiger partial charge in [-0.15, -0.1) is 0 Å². The second kappa shape index (κ2) is 4.00. The van der Waals surface area contributed by atoms with Crippen molar-refractivity contribution in [2.45, 2.75) is 19.8 Å². The molecule has 0 saturated heterocycles. The zero-order chi connectivity index (χ0) is 11.7. The second-order valence-electron chi connectivity index (χ2n) is 3.97. The van der Waals surface area contributed by atoms with E-state index in [1.807, 2.05) is 25.1 Å². The van der Waals surface area contributed by atoms with Crippen molar-refractivity contribution in [3.05, 3.63) is 40.6 Å². The number of fused-ring (bicyclic) bond motifs is 1. The number of esters is 1. The van der Waals surface area contributed by atoms with Crippen LogP contribution < -0.4 is 0 Å². The lowest BCUT2D eigenvalue weighted by Crippen LogP contribution is -2.13. The minimum atomic E-state index is -0.468. The second-order valence-corrected chi connectivity index (χ2v) is 3.97. The van der Waals surface area contributed by atoms with Gasteiger partial charge < -0.3 is 9.84 Å². The molecule has 3 heteroatoms. The number of hydrogen-bond donors (Lipinski definition) is 1. The van der Waals surface area contributed by atoms with Gasteiger partial charge in [0.25, 0.3) is 0 Å². The van der Waals surface area contributed by atoms with Crippen molar-refractivity contribution in [2.24, 2.45) is 0 Å². The van der Waals surface area contributed by atoms with Gasteiger partial charge in [0, 0.05) is 6.42 Å². The Balaban J connectivity index is 2.59. The molecule has 0 aromatic heterocycles. The molecule has 1 aromatic carbocycles. The highest BCUT2D eigenvalue weighted by Crippen LogP contribution is 2.31. The summed E-state index contributed by atoms with van der Waals surface area (Å²) >= 11 is 0. The number of carbonyl (C=O) groups excluding carboxylic acids is 1. The van der Waals surface area contributed by atoms with E-state index in [0.717, 1.165) is 23.1 Å². The van der Waals surface area contributed by atoms with Crippen LogP contribution in [0.3, 0.4) is 0 Å². The highest BCUT2D eigenvalue weighted by molar-refractivity contribution is 6.17. The molecule has 0 aliphatic heterocycles. The summed E-state index contributed by atoms with van der Waals surface area (Å²) in [5, 5.41) is 9.79. The van der Waals surface area contributed by atoms with Crippen LogP contribution in [0.5, 0.6) is 0 Å². The Kier molecular flexibility index (Phi) is 2.69. The number of rotatable bonds is 1. The molecule has 0 saturated carbocycles. The number of benzene rings is 1. The molecule has 3 nitrogen and oxygen atoms in total. The van der Waals surface area contributed by atoms with Gasteiger partial charge in [-0.3, -0.25) is 0 Å². The number of allylic oxidation sites excluding steroid dienone is 1. The van der Waals surface area contributed by atoms with E-state index < -0.39 is 5.97 Å². The quantitative estimate of drug-likeness (QED) is 0.736. The van der Waals surface area contributed by atoms with Crippen LogP contribution in [0.4, 0.5) is 0 Å². The van der Waals surface area contributed by atoms with Crippen molar-refractivity contribution in [3.63, 3.8) is 0 Å². The third-order valence-electron chi connectivity index (χ3n) is 2.84. The molecular weight excluding hydrogens is 204 g/mol. The van der Waals surface area contributed by atoms with Crippen molar-refractivity contribution < 1.29 is 14.6 Å². The minimum Gasteiger partial charge on any atom is -0.511 e. The Hall–Kier alpha value is -1.77. The zero-order valence-electron chi connectivity index (χ0n) is 9.41. The van der Waals surface area contributed by atoms with E-state index >= 15 is 0 Å². The Bertz CT molecular complexity index is 472. The Labute approximate surface area is 94.4 Å². The summed E-state index contributed by atoms with van der Waals surface area (Å²) in [5.41, 5.74) is 3.27. The molecule has 2 rings (SSSR count). The highest BCUT2D eigenvalue weighted by Gasteiger charge is 2.24. The topological polar surface area (TPSA) is 46.5 Å². The van der Waals surface area contributed by atoms with Gasteiger partial charge in [0.05, 0.1) is 7.11 Å². The van der Waals surface area contributed by atoms with E-state index in [0.29, 0.717) is 12.0 Å². The number of aliphatic hydroxyl groups excluding tert-OH is 1. The number of ether oxygens (including phenoxy) is 1. The van der Waals surface area contributed by atoms with Crippen molar-refractivity contribution in [1.29, 1.82) is 0 Å². The van der Waals surface area contributed by atoms with Gasteiger partial charge >= 0.3 is 5.97 Å². The lowest BCUT2D eigenvalue weighted by Gasteiger charge is -2.19. The summed E-state index contributed by atoms with van der Waals surface area (Å²) in [7, 11) is 1.33. The van der Waals surface area contributed by atoms with Crippen LogP contribution in [0, 0.1) is 6.92 Å². The van der Waals surface area contributed by atoms with Gasteiger partial charge in [0.15, 0.2) is 0 Å². The summed E-state index contributed by atoms with van der Waals surface area (Å²) in [6.45, 7) is 1.96. The summed E-state index contributed by atoms with van der Waals surface area (Å²) in [6, 6.07) is 5.92. The fourth-order valence-corrected chi connectivity index (χ4v) is 2.00. The normalized spacial score (nSPS) is 14.6. The molecule has 0 atom stereocenters. The third kappa shape index (κ3) is 1.69. The van der Waals surface area contributed by atoms with Gasteiger partial charge in [0.2, 0.25) is 0 Å². The number of aliphatic hydroxyl groups is 1. The Morgan fingerprint density at radius 2 is 2.12 bits per heavy atom. The first-order chi connectivity index (χ1) is 7.63. The van der Waals surface area contributed by atoms with E-state index in [1.54, 1.807) is 0 Å². The molecule has 1 aliphatic rings. The van der Waals surface area contributed by atoms with Gasteiger partial charge in [-0.05, 0) is 24.5 Å². The van der Waals surface area contributed by atoms with Crippen LogP contribution in [0.1, 0.15) is 23.1 Å². The first-order valence-corrected chi connectivity index (χ1v) is 5.24.